The first-order valence-corrected chi connectivity index (χ1v) is 6.61. The molecule has 0 fully saturated rings. The molecule has 2 N–H and O–H groups in total. The summed E-state index contributed by atoms with van der Waals surface area (Å²) in [6.07, 6.45) is 1.67. The van der Waals surface area contributed by atoms with Crippen LogP contribution in [0.3, 0.4) is 0 Å². The highest BCUT2D eigenvalue weighted by molar-refractivity contribution is 7.12. The second-order valence-electron chi connectivity index (χ2n) is 3.81. The van der Waals surface area contributed by atoms with Crippen LogP contribution in [-0.2, 0) is 0 Å². The van der Waals surface area contributed by atoms with Gasteiger partial charge in [0.1, 0.15) is 10.6 Å². The van der Waals surface area contributed by atoms with Crippen molar-refractivity contribution in [2.45, 2.75) is 19.8 Å². The molecular formula is C12H19NO3S. The van der Waals surface area contributed by atoms with Crippen molar-refractivity contribution in [3.63, 3.8) is 0 Å². The van der Waals surface area contributed by atoms with E-state index in [1.807, 2.05) is 5.38 Å². The summed E-state index contributed by atoms with van der Waals surface area (Å²) in [6, 6.07) is 1.78. The van der Waals surface area contributed by atoms with Crippen LogP contribution < -0.4 is 10.1 Å². The molecule has 1 unspecified atom stereocenters. The predicted molar refractivity (Wildman–Crippen MR) is 68.7 cm³/mol. The van der Waals surface area contributed by atoms with Crippen LogP contribution >= 0.6 is 11.3 Å². The van der Waals surface area contributed by atoms with Crippen molar-refractivity contribution in [2.24, 2.45) is 5.92 Å². The number of amides is 1. The maximum absolute atomic E-state index is 11.9. The number of thiophene rings is 1. The number of aliphatic hydroxyl groups is 1. The molecule has 0 aliphatic carbocycles. The first-order valence-electron chi connectivity index (χ1n) is 5.73. The summed E-state index contributed by atoms with van der Waals surface area (Å²) < 4.78 is 5.10. The average molecular weight is 257 g/mol. The smallest absolute Gasteiger partial charge is 0.265 e. The number of carbonyl (C=O) groups excluding carboxylic acids is 1. The van der Waals surface area contributed by atoms with Crippen LogP contribution in [0.25, 0.3) is 0 Å². The lowest BCUT2D eigenvalue weighted by Crippen LogP contribution is -2.29. The molecule has 1 rings (SSSR count). The SMILES string of the molecule is CCC(CCO)CNC(=O)c1sccc1OC. The summed E-state index contributed by atoms with van der Waals surface area (Å²) in [5, 5.41) is 13.6. The second kappa shape index (κ2) is 7.29. The molecule has 0 aliphatic rings. The van der Waals surface area contributed by atoms with Gasteiger partial charge in [-0.3, -0.25) is 4.79 Å². The van der Waals surface area contributed by atoms with E-state index in [9.17, 15) is 4.79 Å². The molecule has 0 saturated carbocycles. The number of nitrogens with one attached hydrogen (secondary N) is 1. The maximum atomic E-state index is 11.9. The number of hydrogen-bond acceptors (Lipinski definition) is 4. The number of methoxy groups -OCH3 is 1. The third-order valence-electron chi connectivity index (χ3n) is 2.72. The maximum Gasteiger partial charge on any atom is 0.265 e. The zero-order valence-electron chi connectivity index (χ0n) is 10.2. The molecule has 0 bridgehead atoms. The van der Waals surface area contributed by atoms with Gasteiger partial charge in [-0.25, -0.2) is 0 Å². The molecule has 1 aromatic heterocycles. The van der Waals surface area contributed by atoms with Crippen molar-refractivity contribution in [3.05, 3.63) is 16.3 Å². The quantitative estimate of drug-likeness (QED) is 0.784. The fraction of sp³-hybridized carbons (Fsp3) is 0.583. The van der Waals surface area contributed by atoms with Crippen molar-refractivity contribution < 1.29 is 14.6 Å². The van der Waals surface area contributed by atoms with E-state index >= 15 is 0 Å². The molecule has 0 radical (unpaired) electrons. The summed E-state index contributed by atoms with van der Waals surface area (Å²) in [7, 11) is 1.56. The Labute approximate surface area is 106 Å². The summed E-state index contributed by atoms with van der Waals surface area (Å²) >= 11 is 1.37. The van der Waals surface area contributed by atoms with Gasteiger partial charge < -0.3 is 15.2 Å². The van der Waals surface area contributed by atoms with Gasteiger partial charge in [-0.1, -0.05) is 13.3 Å². The topological polar surface area (TPSA) is 58.6 Å². The summed E-state index contributed by atoms with van der Waals surface area (Å²) in [4.78, 5) is 12.5. The lowest BCUT2D eigenvalue weighted by molar-refractivity contribution is 0.0945. The van der Waals surface area contributed by atoms with Gasteiger partial charge in [0, 0.05) is 13.2 Å². The molecule has 5 heteroatoms. The fourth-order valence-electron chi connectivity index (χ4n) is 1.57. The normalized spacial score (nSPS) is 12.2. The number of rotatable bonds is 7. The van der Waals surface area contributed by atoms with Gasteiger partial charge in [0.15, 0.2) is 0 Å². The van der Waals surface area contributed by atoms with Gasteiger partial charge in [0.2, 0.25) is 0 Å². The van der Waals surface area contributed by atoms with Crippen LogP contribution in [0, 0.1) is 5.92 Å². The molecule has 1 aromatic rings. The number of carbonyl (C=O) groups is 1. The number of ether oxygens (including phenoxy) is 1. The van der Waals surface area contributed by atoms with Gasteiger partial charge in [-0.15, -0.1) is 11.3 Å². The van der Waals surface area contributed by atoms with Crippen LogP contribution in [-0.4, -0.2) is 31.3 Å². The second-order valence-corrected chi connectivity index (χ2v) is 4.73. The van der Waals surface area contributed by atoms with Crippen LogP contribution in [0.2, 0.25) is 0 Å². The Balaban J connectivity index is 2.49. The highest BCUT2D eigenvalue weighted by Gasteiger charge is 2.15. The molecule has 1 atom stereocenters. The standard InChI is InChI=1S/C12H19NO3S/c1-3-9(4-6-14)8-13-12(15)11-10(16-2)5-7-17-11/h5,7,9,14H,3-4,6,8H2,1-2H3,(H,13,15). The number of hydrogen-bond donors (Lipinski definition) is 2. The lowest BCUT2D eigenvalue weighted by Gasteiger charge is -2.14. The van der Waals surface area contributed by atoms with Crippen molar-refractivity contribution in [1.29, 1.82) is 0 Å². The van der Waals surface area contributed by atoms with Crippen LogP contribution in [0.15, 0.2) is 11.4 Å². The van der Waals surface area contributed by atoms with Crippen molar-refractivity contribution in [2.75, 3.05) is 20.3 Å². The average Bonchev–Trinajstić information content (AvgIpc) is 2.82. The molecular weight excluding hydrogens is 238 g/mol. The third-order valence-corrected chi connectivity index (χ3v) is 3.62. The Kier molecular flexibility index (Phi) is 6.00. The zero-order valence-corrected chi connectivity index (χ0v) is 11.0. The monoisotopic (exact) mass is 257 g/mol. The Bertz CT molecular complexity index is 351. The first-order chi connectivity index (χ1) is 8.22. The fourth-order valence-corrected chi connectivity index (χ4v) is 2.35. The highest BCUT2D eigenvalue weighted by Crippen LogP contribution is 2.24. The van der Waals surface area contributed by atoms with Crippen LogP contribution in [0.4, 0.5) is 0 Å². The van der Waals surface area contributed by atoms with E-state index in [0.717, 1.165) is 12.8 Å². The van der Waals surface area contributed by atoms with Gasteiger partial charge in [-0.05, 0) is 23.8 Å². The molecule has 4 nitrogen and oxygen atoms in total. The highest BCUT2D eigenvalue weighted by atomic mass is 32.1. The first kappa shape index (κ1) is 14.0. The Morgan fingerprint density at radius 1 is 1.65 bits per heavy atom. The minimum absolute atomic E-state index is 0.103. The van der Waals surface area contributed by atoms with E-state index in [4.69, 9.17) is 9.84 Å². The molecule has 0 aromatic carbocycles. The Morgan fingerprint density at radius 2 is 2.41 bits per heavy atom. The molecule has 17 heavy (non-hydrogen) atoms. The van der Waals surface area contributed by atoms with Gasteiger partial charge in [0.05, 0.1) is 7.11 Å². The van der Waals surface area contributed by atoms with E-state index in [0.29, 0.717) is 23.1 Å². The molecule has 1 heterocycles. The van der Waals surface area contributed by atoms with Gasteiger partial charge >= 0.3 is 0 Å². The summed E-state index contributed by atoms with van der Waals surface area (Å²) in [6.45, 7) is 2.81. The van der Waals surface area contributed by atoms with Gasteiger partial charge in [0.25, 0.3) is 5.91 Å². The number of aliphatic hydroxyl groups excluding tert-OH is 1. The molecule has 0 aliphatic heterocycles. The Morgan fingerprint density at radius 3 is 3.00 bits per heavy atom. The van der Waals surface area contributed by atoms with Crippen molar-refractivity contribution in [1.82, 2.24) is 5.32 Å². The van der Waals surface area contributed by atoms with Crippen molar-refractivity contribution >= 4 is 17.2 Å². The molecule has 0 spiro atoms. The zero-order chi connectivity index (χ0) is 12.7. The molecule has 96 valence electrons. The van der Waals surface area contributed by atoms with Crippen LogP contribution in [0.1, 0.15) is 29.4 Å². The van der Waals surface area contributed by atoms with Crippen LogP contribution in [0.5, 0.6) is 5.75 Å². The van der Waals surface area contributed by atoms with Crippen molar-refractivity contribution in [3.8, 4) is 5.75 Å². The third kappa shape index (κ3) is 4.02. The van der Waals surface area contributed by atoms with Gasteiger partial charge in [-0.2, -0.15) is 0 Å². The van der Waals surface area contributed by atoms with E-state index in [-0.39, 0.29) is 12.5 Å². The van der Waals surface area contributed by atoms with E-state index in [1.54, 1.807) is 13.2 Å². The minimum Gasteiger partial charge on any atom is -0.495 e. The molecule has 1 amide bonds. The summed E-state index contributed by atoms with van der Waals surface area (Å²) in [5.74, 6) is 0.839. The largest absolute Gasteiger partial charge is 0.495 e. The molecule has 0 saturated heterocycles. The van der Waals surface area contributed by atoms with E-state index in [2.05, 4.69) is 12.2 Å². The minimum atomic E-state index is -0.103. The van der Waals surface area contributed by atoms with E-state index < -0.39 is 0 Å². The van der Waals surface area contributed by atoms with E-state index in [1.165, 1.54) is 11.3 Å². The lowest BCUT2D eigenvalue weighted by atomic mass is 10.0. The predicted octanol–water partition coefficient (Wildman–Crippen LogP) is 1.90. The summed E-state index contributed by atoms with van der Waals surface area (Å²) in [5.41, 5.74) is 0. The Hall–Kier alpha value is -1.07.